The minimum absolute atomic E-state index is 0.0345. The van der Waals surface area contributed by atoms with Gasteiger partial charge in [0.05, 0.1) is 17.3 Å². The van der Waals surface area contributed by atoms with Crippen LogP contribution in [0.4, 0.5) is 0 Å². The zero-order valence-electron chi connectivity index (χ0n) is 11.2. The first-order valence-corrected chi connectivity index (χ1v) is 7.67. The van der Waals surface area contributed by atoms with Crippen LogP contribution in [0.3, 0.4) is 0 Å². The van der Waals surface area contributed by atoms with Crippen LogP contribution >= 0.6 is 11.6 Å². The predicted octanol–water partition coefficient (Wildman–Crippen LogP) is 1.63. The monoisotopic (exact) mass is 304 g/mol. The van der Waals surface area contributed by atoms with Crippen molar-refractivity contribution in [1.29, 1.82) is 5.26 Å². The van der Waals surface area contributed by atoms with Crippen molar-refractivity contribution in [3.05, 3.63) is 11.2 Å². The first-order valence-electron chi connectivity index (χ1n) is 5.85. The molecule has 8 heteroatoms. The third-order valence-electron chi connectivity index (χ3n) is 2.47. The zero-order chi connectivity index (χ0) is 14.6. The SMILES string of the molecule is CC(C)CN(CCC#N)S(=O)(=O)c1c(Cl)cnn1C. The van der Waals surface area contributed by atoms with Crippen molar-refractivity contribution < 1.29 is 8.42 Å². The molecule has 106 valence electrons. The Morgan fingerprint density at radius 2 is 2.21 bits per heavy atom. The van der Waals surface area contributed by atoms with Crippen LogP contribution in [0.15, 0.2) is 11.2 Å². The maximum Gasteiger partial charge on any atom is 0.261 e. The summed E-state index contributed by atoms with van der Waals surface area (Å²) in [6, 6.07) is 1.96. The molecule has 0 aromatic carbocycles. The summed E-state index contributed by atoms with van der Waals surface area (Å²) in [4.78, 5) is 0. The Labute approximate surface area is 118 Å². The first-order chi connectivity index (χ1) is 8.80. The molecule has 0 bridgehead atoms. The number of aryl methyl sites for hydroxylation is 1. The van der Waals surface area contributed by atoms with Gasteiger partial charge in [-0.05, 0) is 5.92 Å². The Kier molecular flexibility index (Phi) is 5.35. The van der Waals surface area contributed by atoms with Crippen LogP contribution in [0.25, 0.3) is 0 Å². The van der Waals surface area contributed by atoms with Crippen LogP contribution in [0.1, 0.15) is 20.3 Å². The summed E-state index contributed by atoms with van der Waals surface area (Å²) in [7, 11) is -2.21. The number of rotatable bonds is 6. The zero-order valence-corrected chi connectivity index (χ0v) is 12.7. The Morgan fingerprint density at radius 1 is 1.58 bits per heavy atom. The molecular weight excluding hydrogens is 288 g/mol. The number of hydrogen-bond acceptors (Lipinski definition) is 4. The van der Waals surface area contributed by atoms with Gasteiger partial charge in [0.15, 0.2) is 5.03 Å². The second kappa shape index (κ2) is 6.37. The Morgan fingerprint density at radius 3 is 2.63 bits per heavy atom. The molecule has 0 atom stereocenters. The lowest BCUT2D eigenvalue weighted by atomic mass is 10.2. The molecule has 1 rings (SSSR count). The molecule has 0 fully saturated rings. The summed E-state index contributed by atoms with van der Waals surface area (Å²) >= 11 is 5.89. The van der Waals surface area contributed by atoms with Gasteiger partial charge in [0, 0.05) is 26.6 Å². The smallest absolute Gasteiger partial charge is 0.255 e. The fourth-order valence-electron chi connectivity index (χ4n) is 1.70. The van der Waals surface area contributed by atoms with Gasteiger partial charge < -0.3 is 0 Å². The van der Waals surface area contributed by atoms with Crippen molar-refractivity contribution in [3.8, 4) is 6.07 Å². The highest BCUT2D eigenvalue weighted by molar-refractivity contribution is 7.89. The summed E-state index contributed by atoms with van der Waals surface area (Å²) in [5.74, 6) is 0.153. The maximum atomic E-state index is 12.5. The van der Waals surface area contributed by atoms with Crippen LogP contribution in [-0.4, -0.2) is 35.6 Å². The highest BCUT2D eigenvalue weighted by atomic mass is 35.5. The van der Waals surface area contributed by atoms with Crippen LogP contribution in [-0.2, 0) is 17.1 Å². The molecule has 0 unspecified atom stereocenters. The Hall–Kier alpha value is -1.10. The molecule has 0 N–H and O–H groups in total. The van der Waals surface area contributed by atoms with Crippen LogP contribution in [0, 0.1) is 17.2 Å². The molecule has 0 aliphatic rings. The fourth-order valence-corrected chi connectivity index (χ4v) is 3.91. The number of hydrogen-bond donors (Lipinski definition) is 0. The van der Waals surface area contributed by atoms with Crippen molar-refractivity contribution in [2.24, 2.45) is 13.0 Å². The summed E-state index contributed by atoms with van der Waals surface area (Å²) < 4.78 is 27.6. The second-order valence-electron chi connectivity index (χ2n) is 4.59. The molecule has 0 saturated heterocycles. The van der Waals surface area contributed by atoms with E-state index >= 15 is 0 Å². The normalized spacial score (nSPS) is 12.1. The lowest BCUT2D eigenvalue weighted by molar-refractivity contribution is 0.369. The highest BCUT2D eigenvalue weighted by Gasteiger charge is 2.30. The van der Waals surface area contributed by atoms with E-state index in [2.05, 4.69) is 5.10 Å². The molecule has 0 saturated carbocycles. The molecule has 6 nitrogen and oxygen atoms in total. The van der Waals surface area contributed by atoms with Gasteiger partial charge in [0.25, 0.3) is 10.0 Å². The van der Waals surface area contributed by atoms with Gasteiger partial charge in [-0.15, -0.1) is 0 Å². The summed E-state index contributed by atoms with van der Waals surface area (Å²) in [6.45, 7) is 4.32. The van der Waals surface area contributed by atoms with E-state index in [1.807, 2.05) is 19.9 Å². The summed E-state index contributed by atoms with van der Waals surface area (Å²) in [5.41, 5.74) is 0. The van der Waals surface area contributed by atoms with Crippen molar-refractivity contribution in [2.45, 2.75) is 25.3 Å². The third kappa shape index (κ3) is 3.69. The van der Waals surface area contributed by atoms with E-state index in [0.717, 1.165) is 0 Å². The average Bonchev–Trinajstić information content (AvgIpc) is 2.64. The highest BCUT2D eigenvalue weighted by Crippen LogP contribution is 2.24. The number of sulfonamides is 1. The largest absolute Gasteiger partial charge is 0.261 e. The predicted molar refractivity (Wildman–Crippen MR) is 72.0 cm³/mol. The van der Waals surface area contributed by atoms with Crippen molar-refractivity contribution >= 4 is 21.6 Å². The van der Waals surface area contributed by atoms with E-state index in [4.69, 9.17) is 16.9 Å². The topological polar surface area (TPSA) is 79.0 Å². The number of nitrogens with zero attached hydrogens (tertiary/aromatic N) is 4. The van der Waals surface area contributed by atoms with E-state index in [-0.39, 0.29) is 28.9 Å². The molecular formula is C11H17ClN4O2S. The standard InChI is InChI=1S/C11H17ClN4O2S/c1-9(2)8-16(6-4-5-13)19(17,18)11-10(12)7-14-15(11)3/h7,9H,4,6,8H2,1-3H3. The number of halogens is 1. The molecule has 0 radical (unpaired) electrons. The minimum atomic E-state index is -3.74. The number of aromatic nitrogens is 2. The quantitative estimate of drug-likeness (QED) is 0.800. The van der Waals surface area contributed by atoms with Crippen molar-refractivity contribution in [1.82, 2.24) is 14.1 Å². The van der Waals surface area contributed by atoms with Gasteiger partial charge in [-0.1, -0.05) is 25.4 Å². The van der Waals surface area contributed by atoms with E-state index in [1.165, 1.54) is 22.2 Å². The molecule has 19 heavy (non-hydrogen) atoms. The molecule has 1 aromatic heterocycles. The Bertz CT molecular complexity index is 555. The van der Waals surface area contributed by atoms with Gasteiger partial charge in [-0.25, -0.2) is 8.42 Å². The molecule has 0 aliphatic carbocycles. The lowest BCUT2D eigenvalue weighted by Crippen LogP contribution is -2.36. The van der Waals surface area contributed by atoms with Crippen molar-refractivity contribution in [3.63, 3.8) is 0 Å². The lowest BCUT2D eigenvalue weighted by Gasteiger charge is -2.23. The van der Waals surface area contributed by atoms with E-state index < -0.39 is 10.0 Å². The molecule has 0 aliphatic heterocycles. The van der Waals surface area contributed by atoms with Crippen molar-refractivity contribution in [2.75, 3.05) is 13.1 Å². The average molecular weight is 305 g/mol. The maximum absolute atomic E-state index is 12.5. The van der Waals surface area contributed by atoms with Gasteiger partial charge in [0.1, 0.15) is 0 Å². The van der Waals surface area contributed by atoms with Crippen LogP contribution < -0.4 is 0 Å². The summed E-state index contributed by atoms with van der Waals surface area (Å²) in [6.07, 6.45) is 1.44. The van der Waals surface area contributed by atoms with Crippen LogP contribution in [0.2, 0.25) is 5.02 Å². The van der Waals surface area contributed by atoms with Gasteiger partial charge in [-0.3, -0.25) is 4.68 Å². The minimum Gasteiger partial charge on any atom is -0.255 e. The molecule has 0 spiro atoms. The van der Waals surface area contributed by atoms with Crippen LogP contribution in [0.5, 0.6) is 0 Å². The second-order valence-corrected chi connectivity index (χ2v) is 6.85. The van der Waals surface area contributed by atoms with E-state index in [1.54, 1.807) is 0 Å². The molecule has 0 amide bonds. The third-order valence-corrected chi connectivity index (χ3v) is 4.84. The van der Waals surface area contributed by atoms with E-state index in [9.17, 15) is 8.42 Å². The fraction of sp³-hybridized carbons (Fsp3) is 0.636. The number of nitriles is 1. The van der Waals surface area contributed by atoms with Gasteiger partial charge >= 0.3 is 0 Å². The van der Waals surface area contributed by atoms with Gasteiger partial charge in [-0.2, -0.15) is 14.7 Å². The summed E-state index contributed by atoms with van der Waals surface area (Å²) in [5, 5.41) is 12.5. The first kappa shape index (κ1) is 16.0. The Balaban J connectivity index is 3.16. The van der Waals surface area contributed by atoms with E-state index in [0.29, 0.717) is 6.54 Å². The van der Waals surface area contributed by atoms with Gasteiger partial charge in [0.2, 0.25) is 0 Å². The molecule has 1 heterocycles. The molecule has 1 aromatic rings.